The lowest BCUT2D eigenvalue weighted by atomic mass is 10.1. The van der Waals surface area contributed by atoms with Gasteiger partial charge in [-0.15, -0.1) is 0 Å². The summed E-state index contributed by atoms with van der Waals surface area (Å²) in [4.78, 5) is 0.310. The summed E-state index contributed by atoms with van der Waals surface area (Å²) in [6, 6.07) is 11.3. The van der Waals surface area contributed by atoms with Crippen molar-refractivity contribution in [3.8, 4) is 0 Å². The lowest BCUT2D eigenvalue weighted by Crippen LogP contribution is -2.14. The molecule has 0 bridgehead atoms. The fourth-order valence-electron chi connectivity index (χ4n) is 2.86. The maximum Gasteiger partial charge on any atom is 0.261 e. The van der Waals surface area contributed by atoms with Crippen molar-refractivity contribution in [1.82, 2.24) is 0 Å². The van der Waals surface area contributed by atoms with Crippen LogP contribution in [-0.4, -0.2) is 14.5 Å². The zero-order chi connectivity index (χ0) is 15.9. The van der Waals surface area contributed by atoms with Crippen LogP contribution in [0.25, 0.3) is 0 Å². The van der Waals surface area contributed by atoms with Crippen LogP contribution in [0.4, 0.5) is 11.4 Å². The predicted octanol–water partition coefficient (Wildman–Crippen LogP) is 3.46. The summed E-state index contributed by atoms with van der Waals surface area (Å²) in [6.07, 6.45) is 0.849. The van der Waals surface area contributed by atoms with Gasteiger partial charge in [-0.3, -0.25) is 4.72 Å². The molecule has 5 heteroatoms. The van der Waals surface area contributed by atoms with Crippen molar-refractivity contribution in [3.05, 3.63) is 53.1 Å². The van der Waals surface area contributed by atoms with Gasteiger partial charge in [0.25, 0.3) is 10.0 Å². The molecule has 1 heterocycles. The van der Waals surface area contributed by atoms with Crippen LogP contribution in [-0.2, 0) is 16.4 Å². The van der Waals surface area contributed by atoms with Gasteiger partial charge in [-0.2, -0.15) is 0 Å². The average Bonchev–Trinajstić information content (AvgIpc) is 2.82. The SMILES string of the molecule is Cc1cccc(C)c1NS(=O)(=O)c1ccc2c(c1)C[C@H](C)N2. The van der Waals surface area contributed by atoms with Gasteiger partial charge in [-0.25, -0.2) is 8.42 Å². The number of rotatable bonds is 3. The number of benzene rings is 2. The molecule has 0 aromatic heterocycles. The first-order chi connectivity index (χ1) is 10.4. The molecule has 0 saturated carbocycles. The number of hydrogen-bond donors (Lipinski definition) is 2. The summed E-state index contributed by atoms with van der Waals surface area (Å²) < 4.78 is 28.0. The molecule has 0 spiro atoms. The number of aryl methyl sites for hydroxylation is 2. The van der Waals surface area contributed by atoms with Crippen molar-refractivity contribution in [2.75, 3.05) is 10.0 Å². The van der Waals surface area contributed by atoms with Crippen LogP contribution in [0.1, 0.15) is 23.6 Å². The molecule has 22 heavy (non-hydrogen) atoms. The third-order valence-corrected chi connectivity index (χ3v) is 5.38. The molecule has 0 amide bonds. The smallest absolute Gasteiger partial charge is 0.261 e. The van der Waals surface area contributed by atoms with E-state index in [-0.39, 0.29) is 0 Å². The molecule has 0 unspecified atom stereocenters. The minimum absolute atomic E-state index is 0.310. The zero-order valence-corrected chi connectivity index (χ0v) is 13.8. The molecule has 1 aliphatic heterocycles. The van der Waals surface area contributed by atoms with Gasteiger partial charge in [-0.1, -0.05) is 18.2 Å². The summed E-state index contributed by atoms with van der Waals surface area (Å²) in [6.45, 7) is 5.89. The molecule has 3 rings (SSSR count). The van der Waals surface area contributed by atoms with E-state index in [1.54, 1.807) is 12.1 Å². The van der Waals surface area contributed by atoms with E-state index in [1.165, 1.54) is 0 Å². The number of nitrogens with one attached hydrogen (secondary N) is 2. The van der Waals surface area contributed by atoms with Crippen LogP contribution in [0.15, 0.2) is 41.3 Å². The van der Waals surface area contributed by atoms with Crippen LogP contribution < -0.4 is 10.0 Å². The van der Waals surface area contributed by atoms with E-state index >= 15 is 0 Å². The van der Waals surface area contributed by atoms with Crippen molar-refractivity contribution < 1.29 is 8.42 Å². The summed E-state index contributed by atoms with van der Waals surface area (Å²) in [7, 11) is -3.58. The maximum atomic E-state index is 12.7. The van der Waals surface area contributed by atoms with Gasteiger partial charge in [-0.05, 0) is 62.1 Å². The molecule has 4 nitrogen and oxygen atoms in total. The van der Waals surface area contributed by atoms with Crippen LogP contribution in [0.5, 0.6) is 0 Å². The van der Waals surface area contributed by atoms with E-state index in [1.807, 2.05) is 38.1 Å². The van der Waals surface area contributed by atoms with Crippen molar-refractivity contribution in [1.29, 1.82) is 0 Å². The van der Waals surface area contributed by atoms with E-state index < -0.39 is 10.0 Å². The molecule has 0 radical (unpaired) electrons. The van der Waals surface area contributed by atoms with Gasteiger partial charge in [0.2, 0.25) is 0 Å². The fourth-order valence-corrected chi connectivity index (χ4v) is 4.12. The quantitative estimate of drug-likeness (QED) is 0.911. The third kappa shape index (κ3) is 2.68. The number of sulfonamides is 1. The van der Waals surface area contributed by atoms with Crippen molar-refractivity contribution in [2.45, 2.75) is 38.1 Å². The lowest BCUT2D eigenvalue weighted by molar-refractivity contribution is 0.601. The molecule has 0 fully saturated rings. The first-order valence-corrected chi connectivity index (χ1v) is 8.83. The first kappa shape index (κ1) is 14.9. The Morgan fingerprint density at radius 2 is 1.82 bits per heavy atom. The second-order valence-corrected chi connectivity index (χ2v) is 7.62. The number of hydrogen-bond acceptors (Lipinski definition) is 3. The number of para-hydroxylation sites is 1. The van der Waals surface area contributed by atoms with Gasteiger partial charge >= 0.3 is 0 Å². The Morgan fingerprint density at radius 3 is 2.50 bits per heavy atom. The highest BCUT2D eigenvalue weighted by atomic mass is 32.2. The van der Waals surface area contributed by atoms with E-state index in [4.69, 9.17) is 0 Å². The minimum atomic E-state index is -3.58. The first-order valence-electron chi connectivity index (χ1n) is 7.35. The summed E-state index contributed by atoms with van der Waals surface area (Å²) >= 11 is 0. The van der Waals surface area contributed by atoms with Crippen LogP contribution in [0.3, 0.4) is 0 Å². The van der Waals surface area contributed by atoms with E-state index in [0.29, 0.717) is 16.6 Å². The molecule has 116 valence electrons. The number of fused-ring (bicyclic) bond motifs is 1. The van der Waals surface area contributed by atoms with Crippen molar-refractivity contribution in [3.63, 3.8) is 0 Å². The van der Waals surface area contributed by atoms with Gasteiger partial charge in [0.15, 0.2) is 0 Å². The number of anilines is 2. The van der Waals surface area contributed by atoms with Crippen LogP contribution >= 0.6 is 0 Å². The molecular weight excluding hydrogens is 296 g/mol. The molecule has 2 aromatic carbocycles. The monoisotopic (exact) mass is 316 g/mol. The Bertz CT molecular complexity index is 808. The van der Waals surface area contributed by atoms with Gasteiger partial charge in [0.05, 0.1) is 10.6 Å². The zero-order valence-electron chi connectivity index (χ0n) is 13.0. The van der Waals surface area contributed by atoms with Crippen LogP contribution in [0, 0.1) is 13.8 Å². The maximum absolute atomic E-state index is 12.7. The van der Waals surface area contributed by atoms with E-state index in [2.05, 4.69) is 17.0 Å². The highest BCUT2D eigenvalue weighted by molar-refractivity contribution is 7.92. The van der Waals surface area contributed by atoms with E-state index in [0.717, 1.165) is 28.8 Å². The molecule has 0 saturated heterocycles. The summed E-state index contributed by atoms with van der Waals surface area (Å²) in [5, 5.41) is 3.33. The molecule has 2 N–H and O–H groups in total. The van der Waals surface area contributed by atoms with Crippen LogP contribution in [0.2, 0.25) is 0 Å². The molecule has 1 atom stereocenters. The topological polar surface area (TPSA) is 58.2 Å². The predicted molar refractivity (Wildman–Crippen MR) is 90.0 cm³/mol. The second kappa shape index (κ2) is 5.32. The van der Waals surface area contributed by atoms with Gasteiger partial charge < -0.3 is 5.32 Å². The van der Waals surface area contributed by atoms with Crippen molar-refractivity contribution >= 4 is 21.4 Å². The highest BCUT2D eigenvalue weighted by Gasteiger charge is 2.22. The van der Waals surface area contributed by atoms with Crippen molar-refractivity contribution in [2.24, 2.45) is 0 Å². The van der Waals surface area contributed by atoms with E-state index in [9.17, 15) is 8.42 Å². The molecule has 2 aromatic rings. The molecule has 0 aliphatic carbocycles. The normalized spacial score (nSPS) is 17.0. The molecular formula is C17H20N2O2S. The fraction of sp³-hybridized carbons (Fsp3) is 0.294. The average molecular weight is 316 g/mol. The highest BCUT2D eigenvalue weighted by Crippen LogP contribution is 2.29. The summed E-state index contributed by atoms with van der Waals surface area (Å²) in [5.41, 5.74) is 4.57. The lowest BCUT2D eigenvalue weighted by Gasteiger charge is -2.13. The standard InChI is InChI=1S/C17H20N2O2S/c1-11-5-4-6-12(2)17(11)19-22(20,21)15-7-8-16-14(10-15)9-13(3)18-16/h4-8,10,13,18-19H,9H2,1-3H3/t13-/m0/s1. The Balaban J connectivity index is 1.96. The van der Waals surface area contributed by atoms with Gasteiger partial charge in [0.1, 0.15) is 0 Å². The Kier molecular flexibility index (Phi) is 3.60. The largest absolute Gasteiger partial charge is 0.382 e. The minimum Gasteiger partial charge on any atom is -0.382 e. The molecule has 1 aliphatic rings. The Morgan fingerprint density at radius 1 is 1.14 bits per heavy atom. The summed E-state index contributed by atoms with van der Waals surface area (Å²) in [5.74, 6) is 0. The Labute approximate surface area is 131 Å². The second-order valence-electron chi connectivity index (χ2n) is 5.94. The van der Waals surface area contributed by atoms with Gasteiger partial charge in [0, 0.05) is 11.7 Å². The Hall–Kier alpha value is -2.01. The third-order valence-electron chi connectivity index (χ3n) is 4.03.